The summed E-state index contributed by atoms with van der Waals surface area (Å²) in [5.41, 5.74) is 1.20. The van der Waals surface area contributed by atoms with Gasteiger partial charge >= 0.3 is 0 Å². The minimum absolute atomic E-state index is 0.835. The van der Waals surface area contributed by atoms with Crippen molar-refractivity contribution in [3.63, 3.8) is 0 Å². The van der Waals surface area contributed by atoms with Gasteiger partial charge in [-0.1, -0.05) is 6.92 Å². The first-order valence-corrected chi connectivity index (χ1v) is 6.26. The van der Waals surface area contributed by atoms with Gasteiger partial charge < -0.3 is 14.8 Å². The highest BCUT2D eigenvalue weighted by molar-refractivity contribution is 5.36. The average molecular weight is 220 g/mol. The highest BCUT2D eigenvalue weighted by Gasteiger charge is 2.37. The van der Waals surface area contributed by atoms with Crippen molar-refractivity contribution < 1.29 is 0 Å². The lowest BCUT2D eigenvalue weighted by atomic mass is 10.0. The van der Waals surface area contributed by atoms with Gasteiger partial charge in [-0.25, -0.2) is 4.98 Å². The first-order valence-electron chi connectivity index (χ1n) is 6.26. The van der Waals surface area contributed by atoms with E-state index in [1.165, 1.54) is 31.9 Å². The van der Waals surface area contributed by atoms with Crippen molar-refractivity contribution in [3.05, 3.63) is 11.9 Å². The SMILES string of the molecule is CCc1cn(C)c(N2CC3CNCC3C2)n1. The number of imidazole rings is 1. The lowest BCUT2D eigenvalue weighted by Gasteiger charge is -2.18. The third-order valence-corrected chi connectivity index (χ3v) is 3.94. The normalized spacial score (nSPS) is 28.8. The van der Waals surface area contributed by atoms with Crippen molar-refractivity contribution in [1.82, 2.24) is 14.9 Å². The first-order chi connectivity index (χ1) is 7.78. The summed E-state index contributed by atoms with van der Waals surface area (Å²) in [7, 11) is 2.11. The summed E-state index contributed by atoms with van der Waals surface area (Å²) in [4.78, 5) is 7.16. The zero-order valence-electron chi connectivity index (χ0n) is 10.1. The number of fused-ring (bicyclic) bond motifs is 1. The fourth-order valence-electron chi connectivity index (χ4n) is 3.00. The Morgan fingerprint density at radius 1 is 1.38 bits per heavy atom. The number of hydrogen-bond donors (Lipinski definition) is 1. The molecule has 2 fully saturated rings. The summed E-state index contributed by atoms with van der Waals surface area (Å²) < 4.78 is 2.17. The van der Waals surface area contributed by atoms with Gasteiger partial charge in [-0.2, -0.15) is 0 Å². The molecule has 0 bridgehead atoms. The quantitative estimate of drug-likeness (QED) is 0.794. The number of hydrogen-bond acceptors (Lipinski definition) is 3. The Morgan fingerprint density at radius 2 is 2.06 bits per heavy atom. The van der Waals surface area contributed by atoms with Crippen molar-refractivity contribution in [3.8, 4) is 0 Å². The molecule has 0 spiro atoms. The molecule has 88 valence electrons. The van der Waals surface area contributed by atoms with Gasteiger partial charge in [-0.3, -0.25) is 0 Å². The molecular formula is C12H20N4. The molecule has 2 aliphatic heterocycles. The molecule has 16 heavy (non-hydrogen) atoms. The van der Waals surface area contributed by atoms with Crippen LogP contribution in [0.3, 0.4) is 0 Å². The zero-order chi connectivity index (χ0) is 11.1. The third kappa shape index (κ3) is 1.52. The lowest BCUT2D eigenvalue weighted by molar-refractivity contribution is 0.533. The summed E-state index contributed by atoms with van der Waals surface area (Å²) in [6.07, 6.45) is 3.18. The van der Waals surface area contributed by atoms with Crippen LogP contribution in [0.15, 0.2) is 6.20 Å². The van der Waals surface area contributed by atoms with Crippen LogP contribution < -0.4 is 10.2 Å². The molecule has 2 aliphatic rings. The van der Waals surface area contributed by atoms with Crippen LogP contribution in [0, 0.1) is 11.8 Å². The molecular weight excluding hydrogens is 200 g/mol. The minimum atomic E-state index is 0.835. The van der Waals surface area contributed by atoms with E-state index in [1.807, 2.05) is 0 Å². The minimum Gasteiger partial charge on any atom is -0.342 e. The third-order valence-electron chi connectivity index (χ3n) is 3.94. The molecule has 0 amide bonds. The molecule has 1 aromatic heterocycles. The van der Waals surface area contributed by atoms with Gasteiger partial charge in [0.15, 0.2) is 0 Å². The van der Waals surface area contributed by atoms with Crippen LogP contribution >= 0.6 is 0 Å². The Labute approximate surface area is 96.7 Å². The maximum Gasteiger partial charge on any atom is 0.205 e. The van der Waals surface area contributed by atoms with Gasteiger partial charge in [-0.15, -0.1) is 0 Å². The van der Waals surface area contributed by atoms with Crippen molar-refractivity contribution in [1.29, 1.82) is 0 Å². The van der Waals surface area contributed by atoms with Crippen molar-refractivity contribution in [2.24, 2.45) is 18.9 Å². The molecule has 1 aromatic rings. The Morgan fingerprint density at radius 3 is 2.62 bits per heavy atom. The second-order valence-electron chi connectivity index (χ2n) is 5.08. The fourth-order valence-corrected chi connectivity index (χ4v) is 3.00. The van der Waals surface area contributed by atoms with Crippen molar-refractivity contribution in [2.75, 3.05) is 31.1 Å². The molecule has 4 nitrogen and oxygen atoms in total. The van der Waals surface area contributed by atoms with Crippen LogP contribution in [0.1, 0.15) is 12.6 Å². The lowest BCUT2D eigenvalue weighted by Crippen LogP contribution is -2.27. The van der Waals surface area contributed by atoms with Gasteiger partial charge in [-0.05, 0) is 18.3 Å². The number of nitrogens with one attached hydrogen (secondary N) is 1. The molecule has 4 heteroatoms. The van der Waals surface area contributed by atoms with Gasteiger partial charge in [0, 0.05) is 39.4 Å². The number of rotatable bonds is 2. The summed E-state index contributed by atoms with van der Waals surface area (Å²) in [5, 5.41) is 3.47. The molecule has 3 rings (SSSR count). The monoisotopic (exact) mass is 220 g/mol. The van der Waals surface area contributed by atoms with E-state index in [0.29, 0.717) is 0 Å². The van der Waals surface area contributed by atoms with Gasteiger partial charge in [0.2, 0.25) is 5.95 Å². The van der Waals surface area contributed by atoms with Crippen LogP contribution in [0.5, 0.6) is 0 Å². The van der Waals surface area contributed by atoms with Crippen LogP contribution in [0.2, 0.25) is 0 Å². The van der Waals surface area contributed by atoms with Crippen LogP contribution in [0.4, 0.5) is 5.95 Å². The van der Waals surface area contributed by atoms with E-state index in [0.717, 1.165) is 24.2 Å². The highest BCUT2D eigenvalue weighted by Crippen LogP contribution is 2.29. The topological polar surface area (TPSA) is 33.1 Å². The molecule has 0 saturated carbocycles. The number of aryl methyl sites for hydroxylation is 2. The highest BCUT2D eigenvalue weighted by atomic mass is 15.3. The number of anilines is 1. The average Bonchev–Trinajstić information content (AvgIpc) is 2.89. The predicted octanol–water partition coefficient (Wildman–Crippen LogP) is 0.638. The van der Waals surface area contributed by atoms with E-state index in [-0.39, 0.29) is 0 Å². The van der Waals surface area contributed by atoms with E-state index in [4.69, 9.17) is 4.98 Å². The van der Waals surface area contributed by atoms with Gasteiger partial charge in [0.25, 0.3) is 0 Å². The Bertz CT molecular complexity index is 372. The van der Waals surface area contributed by atoms with E-state index in [2.05, 4.69) is 35.0 Å². The number of aromatic nitrogens is 2. The fraction of sp³-hybridized carbons (Fsp3) is 0.750. The molecule has 0 aliphatic carbocycles. The summed E-state index contributed by atoms with van der Waals surface area (Å²) >= 11 is 0. The van der Waals surface area contributed by atoms with Gasteiger partial charge in [0.1, 0.15) is 0 Å². The van der Waals surface area contributed by atoms with Crippen molar-refractivity contribution in [2.45, 2.75) is 13.3 Å². The first kappa shape index (κ1) is 10.1. The maximum atomic E-state index is 4.71. The number of nitrogens with zero attached hydrogens (tertiary/aromatic N) is 3. The molecule has 0 radical (unpaired) electrons. The second-order valence-corrected chi connectivity index (χ2v) is 5.08. The second kappa shape index (κ2) is 3.77. The largest absolute Gasteiger partial charge is 0.342 e. The Hall–Kier alpha value is -1.03. The predicted molar refractivity (Wildman–Crippen MR) is 64.6 cm³/mol. The van der Waals surface area contributed by atoms with Crippen LogP contribution in [-0.4, -0.2) is 35.7 Å². The molecule has 2 atom stereocenters. The standard InChI is InChI=1S/C12H20N4/c1-3-11-8-15(2)12(14-11)16-6-9-4-13-5-10(9)7-16/h8-10,13H,3-7H2,1-2H3. The van der Waals surface area contributed by atoms with Crippen molar-refractivity contribution >= 4 is 5.95 Å². The molecule has 0 aromatic carbocycles. The molecule has 1 N–H and O–H groups in total. The Balaban J connectivity index is 1.80. The zero-order valence-corrected chi connectivity index (χ0v) is 10.1. The van der Waals surface area contributed by atoms with E-state index in [1.54, 1.807) is 0 Å². The molecule has 2 unspecified atom stereocenters. The van der Waals surface area contributed by atoms with E-state index < -0.39 is 0 Å². The van der Waals surface area contributed by atoms with Gasteiger partial charge in [0.05, 0.1) is 5.69 Å². The summed E-state index contributed by atoms with van der Waals surface area (Å²) in [6, 6.07) is 0. The molecule has 3 heterocycles. The summed E-state index contributed by atoms with van der Waals surface area (Å²) in [6.45, 7) is 6.88. The summed E-state index contributed by atoms with van der Waals surface area (Å²) in [5.74, 6) is 2.83. The van der Waals surface area contributed by atoms with E-state index in [9.17, 15) is 0 Å². The maximum absolute atomic E-state index is 4.71. The van der Waals surface area contributed by atoms with Crippen LogP contribution in [-0.2, 0) is 13.5 Å². The smallest absolute Gasteiger partial charge is 0.205 e. The van der Waals surface area contributed by atoms with Crippen LogP contribution in [0.25, 0.3) is 0 Å². The Kier molecular flexibility index (Phi) is 2.39. The molecule has 2 saturated heterocycles. The van der Waals surface area contributed by atoms with E-state index >= 15 is 0 Å².